The van der Waals surface area contributed by atoms with Gasteiger partial charge in [-0.25, -0.2) is 4.39 Å². The summed E-state index contributed by atoms with van der Waals surface area (Å²) in [6.45, 7) is 0. The molecule has 0 saturated heterocycles. The van der Waals surface area contributed by atoms with Crippen molar-refractivity contribution in [2.24, 2.45) is 10.9 Å². The molecule has 0 aromatic heterocycles. The second kappa shape index (κ2) is 6.45. The van der Waals surface area contributed by atoms with Crippen molar-refractivity contribution in [2.45, 2.75) is 0 Å². The number of halogens is 2. The van der Waals surface area contributed by atoms with Crippen LogP contribution in [0.5, 0.6) is 17.2 Å². The number of oxime groups is 1. The Morgan fingerprint density at radius 2 is 2.00 bits per heavy atom. The van der Waals surface area contributed by atoms with Gasteiger partial charge in [0, 0.05) is 16.6 Å². The lowest BCUT2D eigenvalue weighted by Gasteiger charge is -2.12. The van der Waals surface area contributed by atoms with Crippen LogP contribution in [0.4, 0.5) is 4.39 Å². The predicted molar refractivity (Wildman–Crippen MR) is 79.7 cm³/mol. The van der Waals surface area contributed by atoms with Gasteiger partial charge in [0.2, 0.25) is 0 Å². The average Bonchev–Trinajstić information content (AvgIpc) is 2.45. The summed E-state index contributed by atoms with van der Waals surface area (Å²) in [7, 11) is 1.50. The zero-order valence-corrected chi connectivity index (χ0v) is 12.6. The molecule has 110 valence electrons. The number of hydrogen-bond donors (Lipinski definition) is 2. The van der Waals surface area contributed by atoms with E-state index in [1.807, 2.05) is 0 Å². The van der Waals surface area contributed by atoms with Crippen LogP contribution in [0.15, 0.2) is 46.0 Å². The molecular weight excluding hydrogens is 343 g/mol. The van der Waals surface area contributed by atoms with E-state index in [0.717, 1.165) is 0 Å². The Kier molecular flexibility index (Phi) is 4.64. The summed E-state index contributed by atoms with van der Waals surface area (Å²) in [4.78, 5) is 0. The maximum Gasteiger partial charge on any atom is 0.173 e. The Bertz CT molecular complexity index is 672. The van der Waals surface area contributed by atoms with E-state index in [-0.39, 0.29) is 17.3 Å². The molecule has 0 unspecified atom stereocenters. The van der Waals surface area contributed by atoms with Crippen molar-refractivity contribution in [3.8, 4) is 17.2 Å². The highest BCUT2D eigenvalue weighted by Crippen LogP contribution is 2.31. The van der Waals surface area contributed by atoms with Gasteiger partial charge in [-0.05, 0) is 24.3 Å². The van der Waals surface area contributed by atoms with E-state index in [2.05, 4.69) is 21.1 Å². The van der Waals surface area contributed by atoms with Crippen LogP contribution in [0.1, 0.15) is 5.56 Å². The zero-order chi connectivity index (χ0) is 15.4. The first-order valence-corrected chi connectivity index (χ1v) is 6.62. The summed E-state index contributed by atoms with van der Waals surface area (Å²) in [6.07, 6.45) is 0. The number of benzene rings is 2. The van der Waals surface area contributed by atoms with Gasteiger partial charge in [-0.3, -0.25) is 0 Å². The molecule has 5 nitrogen and oxygen atoms in total. The van der Waals surface area contributed by atoms with Crippen molar-refractivity contribution < 1.29 is 19.1 Å². The fourth-order valence-electron chi connectivity index (χ4n) is 1.69. The molecule has 3 N–H and O–H groups in total. The summed E-state index contributed by atoms with van der Waals surface area (Å²) in [5.74, 6) is 0.495. The topological polar surface area (TPSA) is 77.1 Å². The quantitative estimate of drug-likeness (QED) is 0.381. The summed E-state index contributed by atoms with van der Waals surface area (Å²) in [6, 6.07) is 8.91. The van der Waals surface area contributed by atoms with E-state index >= 15 is 0 Å². The van der Waals surface area contributed by atoms with Gasteiger partial charge in [0.05, 0.1) is 12.7 Å². The maximum absolute atomic E-state index is 13.4. The molecule has 0 amide bonds. The second-order valence-corrected chi connectivity index (χ2v) is 4.97. The van der Waals surface area contributed by atoms with Gasteiger partial charge in [0.1, 0.15) is 23.1 Å². The van der Waals surface area contributed by atoms with Crippen LogP contribution in [-0.4, -0.2) is 18.2 Å². The molecule has 0 bridgehead atoms. The fraction of sp³-hybridized carbons (Fsp3) is 0.0714. The van der Waals surface area contributed by atoms with Crippen LogP contribution < -0.4 is 15.2 Å². The number of ether oxygens (including phenoxy) is 2. The third kappa shape index (κ3) is 3.63. The Morgan fingerprint density at radius 1 is 1.24 bits per heavy atom. The number of methoxy groups -OCH3 is 1. The Labute approximate surface area is 128 Å². The molecule has 2 rings (SSSR count). The van der Waals surface area contributed by atoms with Gasteiger partial charge in [-0.15, -0.1) is 0 Å². The maximum atomic E-state index is 13.4. The minimum absolute atomic E-state index is 0.122. The molecule has 0 aliphatic carbocycles. The van der Waals surface area contributed by atoms with Crippen LogP contribution in [0.25, 0.3) is 0 Å². The number of amidine groups is 1. The summed E-state index contributed by atoms with van der Waals surface area (Å²) in [5.41, 5.74) is 5.96. The van der Waals surface area contributed by atoms with Crippen molar-refractivity contribution in [3.05, 3.63) is 52.3 Å². The molecule has 7 heteroatoms. The van der Waals surface area contributed by atoms with E-state index in [1.54, 1.807) is 24.3 Å². The molecule has 0 radical (unpaired) electrons. The standard InChI is InChI=1S/C14H12BrFN2O3/c1-20-10-2-3-12(14(17)18-19)13(7-10)21-11-5-8(15)4-9(16)6-11/h2-7,19H,1H3,(H2,17,18). The molecule has 2 aromatic carbocycles. The lowest BCUT2D eigenvalue weighted by atomic mass is 10.1. The van der Waals surface area contributed by atoms with Gasteiger partial charge in [0.15, 0.2) is 5.84 Å². The number of nitrogens with zero attached hydrogens (tertiary/aromatic N) is 1. The lowest BCUT2D eigenvalue weighted by Crippen LogP contribution is -2.14. The molecule has 2 aromatic rings. The van der Waals surface area contributed by atoms with Gasteiger partial charge in [-0.2, -0.15) is 0 Å². The third-order valence-electron chi connectivity index (χ3n) is 2.64. The summed E-state index contributed by atoms with van der Waals surface area (Å²) < 4.78 is 24.6. The van der Waals surface area contributed by atoms with Crippen molar-refractivity contribution >= 4 is 21.8 Å². The number of rotatable bonds is 4. The largest absolute Gasteiger partial charge is 0.497 e. The smallest absolute Gasteiger partial charge is 0.173 e. The van der Waals surface area contributed by atoms with Crippen LogP contribution >= 0.6 is 15.9 Å². The van der Waals surface area contributed by atoms with Gasteiger partial charge in [-0.1, -0.05) is 21.1 Å². The average molecular weight is 355 g/mol. The first-order valence-electron chi connectivity index (χ1n) is 5.83. The third-order valence-corrected chi connectivity index (χ3v) is 3.09. The van der Waals surface area contributed by atoms with E-state index in [1.165, 1.54) is 19.2 Å². The van der Waals surface area contributed by atoms with E-state index < -0.39 is 5.82 Å². The molecule has 0 spiro atoms. The Balaban J connectivity index is 2.45. The molecule has 0 heterocycles. The fourth-order valence-corrected chi connectivity index (χ4v) is 2.14. The molecular formula is C14H12BrFN2O3. The van der Waals surface area contributed by atoms with Gasteiger partial charge in [0.25, 0.3) is 0 Å². The van der Waals surface area contributed by atoms with E-state index in [0.29, 0.717) is 15.8 Å². The minimum atomic E-state index is -0.451. The minimum Gasteiger partial charge on any atom is -0.497 e. The van der Waals surface area contributed by atoms with Crippen molar-refractivity contribution in [2.75, 3.05) is 7.11 Å². The Morgan fingerprint density at radius 3 is 2.62 bits per heavy atom. The highest BCUT2D eigenvalue weighted by atomic mass is 79.9. The van der Waals surface area contributed by atoms with Crippen LogP contribution in [0.3, 0.4) is 0 Å². The first kappa shape index (κ1) is 15.1. The molecule has 0 atom stereocenters. The zero-order valence-electron chi connectivity index (χ0n) is 11.0. The highest BCUT2D eigenvalue weighted by Gasteiger charge is 2.12. The first-order chi connectivity index (χ1) is 10.0. The van der Waals surface area contributed by atoms with Gasteiger partial charge >= 0.3 is 0 Å². The van der Waals surface area contributed by atoms with Crippen molar-refractivity contribution in [1.29, 1.82) is 0 Å². The van der Waals surface area contributed by atoms with E-state index in [9.17, 15) is 4.39 Å². The van der Waals surface area contributed by atoms with Crippen LogP contribution in [0, 0.1) is 5.82 Å². The van der Waals surface area contributed by atoms with Gasteiger partial charge < -0.3 is 20.4 Å². The molecule has 21 heavy (non-hydrogen) atoms. The second-order valence-electron chi connectivity index (χ2n) is 4.05. The number of hydrogen-bond acceptors (Lipinski definition) is 4. The summed E-state index contributed by atoms with van der Waals surface area (Å²) in [5, 5.41) is 11.7. The predicted octanol–water partition coefficient (Wildman–Crippen LogP) is 3.48. The van der Waals surface area contributed by atoms with Crippen molar-refractivity contribution in [3.63, 3.8) is 0 Å². The highest BCUT2D eigenvalue weighted by molar-refractivity contribution is 9.10. The monoisotopic (exact) mass is 354 g/mol. The van der Waals surface area contributed by atoms with Crippen molar-refractivity contribution in [1.82, 2.24) is 0 Å². The van der Waals surface area contributed by atoms with Crippen LogP contribution in [0.2, 0.25) is 0 Å². The molecule has 0 aliphatic heterocycles. The lowest BCUT2D eigenvalue weighted by molar-refractivity contribution is 0.318. The molecule has 0 fully saturated rings. The SMILES string of the molecule is COc1ccc(/C(N)=N/O)c(Oc2cc(F)cc(Br)c2)c1. The molecule has 0 saturated carbocycles. The van der Waals surface area contributed by atoms with E-state index in [4.69, 9.17) is 20.4 Å². The molecule has 0 aliphatic rings. The van der Waals surface area contributed by atoms with Crippen LogP contribution in [-0.2, 0) is 0 Å². The Hall–Kier alpha value is -2.28. The number of nitrogens with two attached hydrogens (primary N) is 1. The normalized spacial score (nSPS) is 11.3. The summed E-state index contributed by atoms with van der Waals surface area (Å²) >= 11 is 3.18.